The third kappa shape index (κ3) is 8.65. The first-order chi connectivity index (χ1) is 19.9. The van der Waals surface area contributed by atoms with Gasteiger partial charge in [0.15, 0.2) is 0 Å². The summed E-state index contributed by atoms with van der Waals surface area (Å²) in [5, 5.41) is 10.6. The van der Waals surface area contributed by atoms with Crippen LogP contribution in [0.25, 0.3) is 0 Å². The lowest BCUT2D eigenvalue weighted by Crippen LogP contribution is -2.44. The quantitative estimate of drug-likeness (QED) is 0.315. The first-order valence-electron chi connectivity index (χ1n) is 15.7. The summed E-state index contributed by atoms with van der Waals surface area (Å²) in [4.78, 5) is 37.5. The van der Waals surface area contributed by atoms with E-state index in [0.717, 1.165) is 94.4 Å². The van der Waals surface area contributed by atoms with Gasteiger partial charge < -0.3 is 19.6 Å². The van der Waals surface area contributed by atoms with Crippen LogP contribution in [0, 0.1) is 11.8 Å². The van der Waals surface area contributed by atoms with E-state index in [1.807, 2.05) is 29.3 Å². The highest BCUT2D eigenvalue weighted by Crippen LogP contribution is 2.42. The summed E-state index contributed by atoms with van der Waals surface area (Å²) in [6, 6.07) is 5.99. The van der Waals surface area contributed by atoms with Crippen molar-refractivity contribution in [2.24, 2.45) is 16.8 Å². The van der Waals surface area contributed by atoms with Crippen molar-refractivity contribution in [2.45, 2.75) is 70.3 Å². The van der Waals surface area contributed by atoms with E-state index < -0.39 is 11.9 Å². The largest absolute Gasteiger partial charge is 0.493 e. The molecule has 1 fully saturated rings. The molecule has 8 heteroatoms. The number of ether oxygens (including phenoxy) is 1. The molecule has 0 spiro atoms. The van der Waals surface area contributed by atoms with Crippen LogP contribution in [0.3, 0.4) is 0 Å². The number of carbonyl (C=O) groups is 2. The van der Waals surface area contributed by atoms with Crippen LogP contribution in [0.15, 0.2) is 35.3 Å². The van der Waals surface area contributed by atoms with Crippen LogP contribution in [0.4, 0.5) is 0 Å². The Hall–Kier alpha value is -2.71. The van der Waals surface area contributed by atoms with Crippen LogP contribution in [0.2, 0.25) is 0 Å². The molecule has 3 aliphatic rings. The van der Waals surface area contributed by atoms with Crippen LogP contribution in [-0.2, 0) is 16.0 Å². The number of fused-ring (bicyclic) bond motifs is 1. The molecule has 4 atom stereocenters. The minimum absolute atomic E-state index is 0.128. The molecule has 1 amide bonds. The Morgan fingerprint density at radius 1 is 1.12 bits per heavy atom. The van der Waals surface area contributed by atoms with Gasteiger partial charge in [-0.25, -0.2) is 0 Å². The lowest BCUT2D eigenvalue weighted by Gasteiger charge is -2.30. The van der Waals surface area contributed by atoms with Crippen molar-refractivity contribution in [3.05, 3.63) is 41.5 Å². The Morgan fingerprint density at radius 3 is 2.71 bits per heavy atom. The molecule has 0 saturated carbocycles. The molecule has 1 saturated heterocycles. The average molecular weight is 567 g/mol. The number of hydrogen-bond donors (Lipinski definition) is 1. The topological polar surface area (TPSA) is 85.7 Å². The third-order valence-electron chi connectivity index (χ3n) is 8.97. The second kappa shape index (κ2) is 15.5. The molecule has 0 aliphatic carbocycles. The number of hydrogen-bond acceptors (Lipinski definition) is 6. The number of carboxylic acid groups (broad SMARTS) is 1. The molecular weight excluding hydrogens is 516 g/mol. The van der Waals surface area contributed by atoms with Crippen molar-refractivity contribution in [3.8, 4) is 5.75 Å². The van der Waals surface area contributed by atoms with Gasteiger partial charge in [-0.2, -0.15) is 0 Å². The Bertz CT molecular complexity index is 1070. The fourth-order valence-corrected chi connectivity index (χ4v) is 6.65. The van der Waals surface area contributed by atoms with Crippen molar-refractivity contribution in [1.29, 1.82) is 0 Å². The number of carbonyl (C=O) groups excluding carboxylic acids is 1. The highest BCUT2D eigenvalue weighted by atomic mass is 16.5. The minimum atomic E-state index is -0.766. The molecule has 3 heterocycles. The maximum Gasteiger partial charge on any atom is 0.308 e. The molecule has 41 heavy (non-hydrogen) atoms. The highest BCUT2D eigenvalue weighted by molar-refractivity contribution is 5.79. The van der Waals surface area contributed by atoms with Crippen molar-refractivity contribution < 1.29 is 19.4 Å². The molecule has 0 aromatic heterocycles. The summed E-state index contributed by atoms with van der Waals surface area (Å²) in [6.07, 6.45) is 13.6. The van der Waals surface area contributed by atoms with Crippen LogP contribution < -0.4 is 4.74 Å². The number of allylic oxidation sites excluding steroid dienone is 2. The van der Waals surface area contributed by atoms with E-state index in [2.05, 4.69) is 48.0 Å². The van der Waals surface area contributed by atoms with Crippen molar-refractivity contribution in [3.63, 3.8) is 0 Å². The molecule has 1 aromatic rings. The van der Waals surface area contributed by atoms with E-state index in [1.165, 1.54) is 0 Å². The Kier molecular flexibility index (Phi) is 11.8. The summed E-state index contributed by atoms with van der Waals surface area (Å²) < 4.78 is 5.72. The molecule has 0 bridgehead atoms. The minimum Gasteiger partial charge on any atom is -0.493 e. The Balaban J connectivity index is 1.53. The highest BCUT2D eigenvalue weighted by Gasteiger charge is 2.47. The summed E-state index contributed by atoms with van der Waals surface area (Å²) in [5.74, 6) is -0.0724. The molecule has 226 valence electrons. The lowest BCUT2D eigenvalue weighted by molar-refractivity contribution is -0.144. The maximum atomic E-state index is 13.8. The Labute approximate surface area is 246 Å². The first-order valence-corrected chi connectivity index (χ1v) is 15.7. The van der Waals surface area contributed by atoms with Crippen LogP contribution >= 0.6 is 0 Å². The molecule has 1 aromatic carbocycles. The van der Waals surface area contributed by atoms with Gasteiger partial charge in [0.1, 0.15) is 5.75 Å². The maximum absolute atomic E-state index is 13.8. The number of amides is 1. The monoisotopic (exact) mass is 566 g/mol. The summed E-state index contributed by atoms with van der Waals surface area (Å²) >= 11 is 0. The van der Waals surface area contributed by atoms with Gasteiger partial charge in [0, 0.05) is 50.8 Å². The normalized spacial score (nSPS) is 23.9. The van der Waals surface area contributed by atoms with Crippen LogP contribution in [-0.4, -0.2) is 104 Å². The van der Waals surface area contributed by atoms with E-state index in [1.54, 1.807) is 0 Å². The smallest absolute Gasteiger partial charge is 0.308 e. The fourth-order valence-electron chi connectivity index (χ4n) is 6.65. The lowest BCUT2D eigenvalue weighted by atomic mass is 9.82. The van der Waals surface area contributed by atoms with Gasteiger partial charge in [0.25, 0.3) is 0 Å². The molecule has 8 nitrogen and oxygen atoms in total. The predicted octanol–water partition coefficient (Wildman–Crippen LogP) is 4.49. The fraction of sp³-hybridized carbons (Fsp3) is 0.667. The second-order valence-corrected chi connectivity index (χ2v) is 12.2. The van der Waals surface area contributed by atoms with E-state index in [0.29, 0.717) is 19.1 Å². The SMILES string of the molecule is CCCCN(CCCCN(C)C)C(=O)CN1C[C@H](c2ccc3c(c2)CCO3)[C@@H](C(=O)O)[C@@H]1CCC1C=CC=NCC1. The van der Waals surface area contributed by atoms with Crippen molar-refractivity contribution >= 4 is 18.1 Å². The number of benzene rings is 1. The number of carboxylic acids is 1. The zero-order valence-electron chi connectivity index (χ0n) is 25.3. The molecule has 1 unspecified atom stereocenters. The third-order valence-corrected chi connectivity index (χ3v) is 8.97. The zero-order valence-corrected chi connectivity index (χ0v) is 25.3. The predicted molar refractivity (Wildman–Crippen MR) is 164 cm³/mol. The van der Waals surface area contributed by atoms with Crippen molar-refractivity contribution in [2.75, 3.05) is 60.0 Å². The molecule has 1 N–H and O–H groups in total. The van der Waals surface area contributed by atoms with E-state index >= 15 is 0 Å². The number of unbranched alkanes of at least 4 members (excludes halogenated alkanes) is 2. The van der Waals surface area contributed by atoms with Gasteiger partial charge in [-0.05, 0) is 88.4 Å². The van der Waals surface area contributed by atoms with E-state index in [9.17, 15) is 14.7 Å². The number of rotatable bonds is 15. The first kappa shape index (κ1) is 31.2. The molecule has 3 aliphatic heterocycles. The number of aliphatic imine (C=N–C) groups is 1. The van der Waals surface area contributed by atoms with E-state index in [4.69, 9.17) is 4.74 Å². The van der Waals surface area contributed by atoms with Gasteiger partial charge in [-0.1, -0.05) is 31.6 Å². The second-order valence-electron chi connectivity index (χ2n) is 12.2. The van der Waals surface area contributed by atoms with Crippen LogP contribution in [0.5, 0.6) is 5.75 Å². The number of likely N-dealkylation sites (tertiary alicyclic amines) is 1. The van der Waals surface area contributed by atoms with E-state index in [-0.39, 0.29) is 24.4 Å². The molecule has 0 radical (unpaired) electrons. The molecular formula is C33H50N4O4. The number of nitrogens with zero attached hydrogens (tertiary/aromatic N) is 4. The van der Waals surface area contributed by atoms with Gasteiger partial charge in [0.2, 0.25) is 5.91 Å². The van der Waals surface area contributed by atoms with Crippen molar-refractivity contribution in [1.82, 2.24) is 14.7 Å². The van der Waals surface area contributed by atoms with Crippen LogP contribution in [0.1, 0.15) is 68.9 Å². The molecule has 4 rings (SSSR count). The van der Waals surface area contributed by atoms with Gasteiger partial charge in [0.05, 0.1) is 19.1 Å². The summed E-state index contributed by atoms with van der Waals surface area (Å²) in [6.45, 7) is 7.02. The Morgan fingerprint density at radius 2 is 1.93 bits per heavy atom. The van der Waals surface area contributed by atoms with Gasteiger partial charge in [-0.15, -0.1) is 0 Å². The number of aliphatic carboxylic acids is 1. The van der Waals surface area contributed by atoms with Gasteiger partial charge >= 0.3 is 5.97 Å². The standard InChI is InChI=1S/C33H50N4O4/c1-4-5-19-36(20-7-6-18-35(2)3)31(38)24-37-23-28(26-11-13-30-27(22-26)15-21-41-30)32(33(39)40)29(37)12-10-25-9-8-16-34-17-14-25/h8-9,11,13,16,22,25,28-29,32H,4-7,10,12,14-15,17-21,23-24H2,1-3H3,(H,39,40)/t25?,28-,29+,32-/m1/s1. The zero-order chi connectivity index (χ0) is 29.2. The van der Waals surface area contributed by atoms with Gasteiger partial charge in [-0.3, -0.25) is 19.5 Å². The summed E-state index contributed by atoms with van der Waals surface area (Å²) in [5.41, 5.74) is 2.21. The average Bonchev–Trinajstić information content (AvgIpc) is 3.47. The summed E-state index contributed by atoms with van der Waals surface area (Å²) in [7, 11) is 4.16.